The third-order valence-corrected chi connectivity index (χ3v) is 13.9. The Morgan fingerprint density at radius 1 is 0.339 bits per heavy atom. The van der Waals surface area contributed by atoms with Crippen LogP contribution in [0.25, 0.3) is 77.6 Å². The fraction of sp³-hybridized carbons (Fsp3) is 0.100. The maximum atomic E-state index is 6.59. The minimum Gasteiger partial charge on any atom is -0.456 e. The third kappa shape index (κ3) is 5.43. The summed E-state index contributed by atoms with van der Waals surface area (Å²) in [6, 6.07) is 73.4. The van der Waals surface area contributed by atoms with Crippen molar-refractivity contribution in [1.29, 1.82) is 0 Å². The van der Waals surface area contributed by atoms with Crippen molar-refractivity contribution < 1.29 is 4.42 Å². The van der Waals surface area contributed by atoms with E-state index in [0.717, 1.165) is 33.6 Å². The molecule has 0 saturated carbocycles. The number of rotatable bonds is 6. The molecular formula is C60H45NO. The van der Waals surface area contributed by atoms with Crippen LogP contribution in [0.1, 0.15) is 49.9 Å². The molecule has 0 radical (unpaired) electrons. The Kier molecular flexibility index (Phi) is 7.96. The van der Waals surface area contributed by atoms with Crippen LogP contribution >= 0.6 is 0 Å². The van der Waals surface area contributed by atoms with E-state index in [4.69, 9.17) is 4.42 Å². The van der Waals surface area contributed by atoms with Crippen LogP contribution in [0.2, 0.25) is 0 Å². The Morgan fingerprint density at radius 3 is 1.58 bits per heavy atom. The van der Waals surface area contributed by atoms with Gasteiger partial charge in [-0.3, -0.25) is 0 Å². The average molecular weight is 796 g/mol. The van der Waals surface area contributed by atoms with Gasteiger partial charge in [0.2, 0.25) is 0 Å². The highest BCUT2D eigenvalue weighted by atomic mass is 16.3. The first-order valence-electron chi connectivity index (χ1n) is 21.8. The van der Waals surface area contributed by atoms with Gasteiger partial charge >= 0.3 is 0 Å². The van der Waals surface area contributed by atoms with E-state index in [9.17, 15) is 0 Å². The molecule has 62 heavy (non-hydrogen) atoms. The molecule has 0 bridgehead atoms. The van der Waals surface area contributed by atoms with E-state index in [1.54, 1.807) is 0 Å². The van der Waals surface area contributed by atoms with Crippen LogP contribution in [0.4, 0.5) is 17.1 Å². The normalized spacial score (nSPS) is 14.1. The summed E-state index contributed by atoms with van der Waals surface area (Å²) in [7, 11) is 0. The Bertz CT molecular complexity index is 3370. The van der Waals surface area contributed by atoms with E-state index in [2.05, 4.69) is 233 Å². The van der Waals surface area contributed by atoms with Crippen LogP contribution < -0.4 is 4.90 Å². The van der Waals surface area contributed by atoms with Gasteiger partial charge in [-0.2, -0.15) is 0 Å². The monoisotopic (exact) mass is 795 g/mol. The van der Waals surface area contributed by atoms with Crippen molar-refractivity contribution in [1.82, 2.24) is 0 Å². The molecule has 2 heteroatoms. The molecule has 0 unspecified atom stereocenters. The second-order valence-electron chi connectivity index (χ2n) is 18.1. The lowest BCUT2D eigenvalue weighted by Crippen LogP contribution is -2.16. The zero-order valence-corrected chi connectivity index (χ0v) is 35.4. The average Bonchev–Trinajstić information content (AvgIpc) is 3.88. The Labute approximate surface area is 363 Å². The van der Waals surface area contributed by atoms with E-state index in [1.165, 1.54) is 83.3 Å². The second-order valence-corrected chi connectivity index (χ2v) is 18.1. The molecule has 0 fully saturated rings. The summed E-state index contributed by atoms with van der Waals surface area (Å²) in [4.78, 5) is 2.41. The standard InChI is InChI=1S/C60H45NO/c1-59(2)50-21-13-11-19-46(50)47-34-32-45(36-52(47)59)61(43-28-23-39(24-29-43)38-15-7-5-8-16-38)44-30-25-40(26-31-44)42-27-33-48-51(35-42)60(3,4)53-37-55-58(49-20-12-14-22-54(49)62-55)56(57(48)53)41-17-9-6-10-18-41/h5-37H,1-4H3. The fourth-order valence-corrected chi connectivity index (χ4v) is 10.7. The predicted octanol–water partition coefficient (Wildman–Crippen LogP) is 16.7. The molecule has 1 heterocycles. The van der Waals surface area contributed by atoms with Gasteiger partial charge in [0.1, 0.15) is 11.2 Å². The number of para-hydroxylation sites is 1. The zero-order chi connectivity index (χ0) is 41.7. The largest absolute Gasteiger partial charge is 0.456 e. The fourth-order valence-electron chi connectivity index (χ4n) is 10.7. The van der Waals surface area contributed by atoms with Crippen molar-refractivity contribution in [2.45, 2.75) is 38.5 Å². The Hall–Kier alpha value is -7.42. The first-order chi connectivity index (χ1) is 30.3. The molecule has 0 spiro atoms. The van der Waals surface area contributed by atoms with Gasteiger partial charge in [-0.05, 0) is 127 Å². The number of hydrogen-bond acceptors (Lipinski definition) is 2. The van der Waals surface area contributed by atoms with E-state index in [-0.39, 0.29) is 10.8 Å². The van der Waals surface area contributed by atoms with Crippen LogP contribution in [0, 0.1) is 0 Å². The number of benzene rings is 9. The quantitative estimate of drug-likeness (QED) is 0.167. The van der Waals surface area contributed by atoms with Crippen molar-refractivity contribution in [3.63, 3.8) is 0 Å². The lowest BCUT2D eigenvalue weighted by atomic mass is 9.80. The maximum Gasteiger partial charge on any atom is 0.136 e. The summed E-state index contributed by atoms with van der Waals surface area (Å²) in [6.45, 7) is 9.44. The minimum absolute atomic E-state index is 0.102. The summed E-state index contributed by atoms with van der Waals surface area (Å²) in [6.07, 6.45) is 0. The van der Waals surface area contributed by atoms with E-state index in [1.807, 2.05) is 0 Å². The molecule has 0 atom stereocenters. The van der Waals surface area contributed by atoms with Crippen LogP contribution in [0.5, 0.6) is 0 Å². The van der Waals surface area contributed by atoms with Gasteiger partial charge in [0.05, 0.1) is 0 Å². The summed E-state index contributed by atoms with van der Waals surface area (Å²) in [5.74, 6) is 0. The Balaban J connectivity index is 0.960. The number of anilines is 3. The van der Waals surface area contributed by atoms with E-state index in [0.29, 0.717) is 0 Å². The Morgan fingerprint density at radius 2 is 0.855 bits per heavy atom. The van der Waals surface area contributed by atoms with Crippen molar-refractivity contribution in [2.24, 2.45) is 0 Å². The molecule has 9 aromatic carbocycles. The molecule has 296 valence electrons. The SMILES string of the molecule is CC1(C)c2ccccc2-c2ccc(N(c3ccc(-c4ccccc4)cc3)c3ccc(-c4ccc5c(c4)C(C)(C)c4cc6oc7ccccc7c6c(-c6ccccc6)c4-5)cc3)cc21. The van der Waals surface area contributed by atoms with Crippen LogP contribution in [-0.2, 0) is 10.8 Å². The molecule has 2 aliphatic carbocycles. The van der Waals surface area contributed by atoms with Crippen LogP contribution in [-0.4, -0.2) is 0 Å². The highest BCUT2D eigenvalue weighted by Crippen LogP contribution is 2.56. The van der Waals surface area contributed by atoms with Crippen molar-refractivity contribution in [3.8, 4) is 55.6 Å². The molecule has 12 rings (SSSR count). The summed E-state index contributed by atoms with van der Waals surface area (Å²) in [5, 5.41) is 2.34. The molecule has 0 saturated heterocycles. The molecule has 0 N–H and O–H groups in total. The topological polar surface area (TPSA) is 16.4 Å². The van der Waals surface area contributed by atoms with Gasteiger partial charge in [-0.1, -0.05) is 173 Å². The van der Waals surface area contributed by atoms with Crippen molar-refractivity contribution >= 4 is 39.0 Å². The number of nitrogens with zero attached hydrogens (tertiary/aromatic N) is 1. The molecule has 10 aromatic rings. The molecule has 1 aromatic heterocycles. The summed E-state index contributed by atoms with van der Waals surface area (Å²) in [5.41, 5.74) is 22.8. The van der Waals surface area contributed by atoms with Gasteiger partial charge < -0.3 is 9.32 Å². The highest BCUT2D eigenvalue weighted by molar-refractivity contribution is 6.17. The van der Waals surface area contributed by atoms with Crippen LogP contribution in [0.3, 0.4) is 0 Å². The molecular weight excluding hydrogens is 751 g/mol. The summed E-state index contributed by atoms with van der Waals surface area (Å²) >= 11 is 0. The number of hydrogen-bond donors (Lipinski definition) is 0. The molecule has 2 nitrogen and oxygen atoms in total. The molecule has 0 amide bonds. The van der Waals surface area contributed by atoms with Crippen molar-refractivity contribution in [2.75, 3.05) is 4.90 Å². The first-order valence-corrected chi connectivity index (χ1v) is 21.8. The number of furan rings is 1. The molecule has 0 aliphatic heterocycles. The maximum absolute atomic E-state index is 6.59. The number of fused-ring (bicyclic) bond motifs is 9. The zero-order valence-electron chi connectivity index (χ0n) is 35.4. The van der Waals surface area contributed by atoms with Gasteiger partial charge in [-0.25, -0.2) is 0 Å². The summed E-state index contributed by atoms with van der Waals surface area (Å²) < 4.78 is 6.59. The highest BCUT2D eigenvalue weighted by Gasteiger charge is 2.39. The first kappa shape index (κ1) is 36.4. The van der Waals surface area contributed by atoms with E-state index < -0.39 is 0 Å². The van der Waals surface area contributed by atoms with Gasteiger partial charge in [-0.15, -0.1) is 0 Å². The van der Waals surface area contributed by atoms with Crippen LogP contribution in [0.15, 0.2) is 205 Å². The second kappa shape index (κ2) is 13.5. The minimum atomic E-state index is -0.235. The third-order valence-electron chi connectivity index (χ3n) is 13.9. The predicted molar refractivity (Wildman–Crippen MR) is 260 cm³/mol. The molecule has 2 aliphatic rings. The van der Waals surface area contributed by atoms with Gasteiger partial charge in [0, 0.05) is 44.2 Å². The van der Waals surface area contributed by atoms with Gasteiger partial charge in [0.25, 0.3) is 0 Å². The lowest BCUT2D eigenvalue weighted by Gasteiger charge is -2.28. The van der Waals surface area contributed by atoms with E-state index >= 15 is 0 Å². The lowest BCUT2D eigenvalue weighted by molar-refractivity contribution is 0.647. The smallest absolute Gasteiger partial charge is 0.136 e. The van der Waals surface area contributed by atoms with Gasteiger partial charge in [0.15, 0.2) is 0 Å². The van der Waals surface area contributed by atoms with Crippen molar-refractivity contribution in [3.05, 3.63) is 222 Å².